The summed E-state index contributed by atoms with van der Waals surface area (Å²) < 4.78 is 48.6. The summed E-state index contributed by atoms with van der Waals surface area (Å²) in [5.74, 6) is 0.540. The summed E-state index contributed by atoms with van der Waals surface area (Å²) in [6, 6.07) is 11.9. The third kappa shape index (κ3) is 4.78. The molecule has 0 atom stereocenters. The first-order chi connectivity index (χ1) is 12.8. The molecule has 0 unspecified atom stereocenters. The summed E-state index contributed by atoms with van der Waals surface area (Å²) in [7, 11) is 0. The van der Waals surface area contributed by atoms with E-state index in [1.807, 2.05) is 0 Å². The smallest absolute Gasteiger partial charge is 0.416 e. The van der Waals surface area contributed by atoms with Crippen LogP contribution in [0.1, 0.15) is 11.3 Å². The largest absolute Gasteiger partial charge is 0.490 e. The number of aromatic nitrogens is 2. The fourth-order valence-electron chi connectivity index (χ4n) is 2.12. The van der Waals surface area contributed by atoms with Gasteiger partial charge in [-0.15, -0.1) is 5.10 Å². The van der Waals surface area contributed by atoms with Gasteiger partial charge in [0.15, 0.2) is 0 Å². The van der Waals surface area contributed by atoms with E-state index >= 15 is 0 Å². The van der Waals surface area contributed by atoms with E-state index in [0.717, 1.165) is 12.1 Å². The Hall–Kier alpha value is -3.49. The molecule has 3 rings (SSSR count). The molecule has 6 nitrogen and oxygen atoms in total. The number of hydrogen-bond acceptors (Lipinski definition) is 5. The maximum absolute atomic E-state index is 12.5. The van der Waals surface area contributed by atoms with Gasteiger partial charge < -0.3 is 14.6 Å². The van der Waals surface area contributed by atoms with Gasteiger partial charge >= 0.3 is 6.18 Å². The van der Waals surface area contributed by atoms with Crippen molar-refractivity contribution in [3.63, 3.8) is 0 Å². The van der Waals surface area contributed by atoms with E-state index in [9.17, 15) is 18.0 Å². The second-order valence-corrected chi connectivity index (χ2v) is 5.47. The summed E-state index contributed by atoms with van der Waals surface area (Å²) in [5, 5.41) is 15.0. The van der Waals surface area contributed by atoms with Crippen molar-refractivity contribution in [1.82, 2.24) is 10.2 Å². The van der Waals surface area contributed by atoms with Gasteiger partial charge in [-0.3, -0.25) is 9.89 Å². The van der Waals surface area contributed by atoms with E-state index in [2.05, 4.69) is 10.2 Å². The quantitative estimate of drug-likeness (QED) is 0.704. The minimum atomic E-state index is -4.39. The summed E-state index contributed by atoms with van der Waals surface area (Å²) >= 11 is 0. The molecule has 1 heterocycles. The minimum Gasteiger partial charge on any atom is -0.490 e. The van der Waals surface area contributed by atoms with Gasteiger partial charge in [0, 0.05) is 6.07 Å². The van der Waals surface area contributed by atoms with Gasteiger partial charge in [-0.05, 0) is 48.5 Å². The van der Waals surface area contributed by atoms with Gasteiger partial charge in [0.2, 0.25) is 5.43 Å². The van der Waals surface area contributed by atoms with Crippen molar-refractivity contribution >= 4 is 0 Å². The summed E-state index contributed by atoms with van der Waals surface area (Å²) in [4.78, 5) is 11.3. The third-order valence-electron chi connectivity index (χ3n) is 3.47. The molecule has 9 heteroatoms. The van der Waals surface area contributed by atoms with Crippen LogP contribution in [0.5, 0.6) is 23.1 Å². The molecule has 0 radical (unpaired) electrons. The van der Waals surface area contributed by atoms with E-state index in [-0.39, 0.29) is 12.4 Å². The third-order valence-corrected chi connectivity index (χ3v) is 3.47. The standard InChI is InChI=1S/C18H13F3N2O4/c19-18(20,21)11-1-3-14(4-2-11)27-15-7-5-13(6-8-15)26-10-12-9-16(24)17(25)23-22-12/h1-9H,10H2,(H,22,24)(H,23,25). The van der Waals surface area contributed by atoms with Gasteiger partial charge in [-0.1, -0.05) is 0 Å². The van der Waals surface area contributed by atoms with Gasteiger partial charge in [-0.2, -0.15) is 13.2 Å². The highest BCUT2D eigenvalue weighted by Crippen LogP contribution is 2.31. The lowest BCUT2D eigenvalue weighted by Crippen LogP contribution is -2.08. The van der Waals surface area contributed by atoms with Crippen LogP contribution in [0.25, 0.3) is 0 Å². The summed E-state index contributed by atoms with van der Waals surface area (Å²) in [6.07, 6.45) is -4.39. The van der Waals surface area contributed by atoms with Crippen LogP contribution in [0.2, 0.25) is 0 Å². The number of alkyl halides is 3. The van der Waals surface area contributed by atoms with E-state index in [1.54, 1.807) is 24.3 Å². The molecule has 0 saturated heterocycles. The zero-order valence-corrected chi connectivity index (χ0v) is 13.7. The molecule has 0 aliphatic carbocycles. The van der Waals surface area contributed by atoms with Gasteiger partial charge in [-0.25, -0.2) is 0 Å². The van der Waals surface area contributed by atoms with Crippen molar-refractivity contribution < 1.29 is 27.8 Å². The van der Waals surface area contributed by atoms with Crippen LogP contribution < -0.4 is 14.9 Å². The Balaban J connectivity index is 1.60. The Morgan fingerprint density at radius 3 is 2.07 bits per heavy atom. The molecule has 0 aliphatic heterocycles. The Morgan fingerprint density at radius 1 is 0.963 bits per heavy atom. The number of hydrogen-bond donors (Lipinski definition) is 2. The van der Waals surface area contributed by atoms with Crippen molar-refractivity contribution in [2.75, 3.05) is 0 Å². The number of nitrogens with one attached hydrogen (secondary N) is 1. The number of ether oxygens (including phenoxy) is 2. The predicted octanol–water partition coefficient (Wildman–Crippen LogP) is 3.87. The summed E-state index contributed by atoms with van der Waals surface area (Å²) in [5.41, 5.74) is -0.990. The van der Waals surface area contributed by atoms with Crippen LogP contribution >= 0.6 is 0 Å². The van der Waals surface area contributed by atoms with Crippen LogP contribution in [0.4, 0.5) is 13.2 Å². The van der Waals surface area contributed by atoms with Crippen molar-refractivity contribution in [3.05, 3.63) is 76.1 Å². The lowest BCUT2D eigenvalue weighted by Gasteiger charge is -2.10. The molecular formula is C18H13F3N2O4. The first kappa shape index (κ1) is 18.3. The highest BCUT2D eigenvalue weighted by Gasteiger charge is 2.30. The number of aromatic hydroxyl groups is 1. The molecule has 0 spiro atoms. The average Bonchev–Trinajstić information content (AvgIpc) is 2.64. The lowest BCUT2D eigenvalue weighted by atomic mass is 10.2. The fourth-order valence-corrected chi connectivity index (χ4v) is 2.12. The maximum atomic E-state index is 12.5. The molecule has 0 aliphatic rings. The van der Waals surface area contributed by atoms with Crippen LogP contribution in [0, 0.1) is 0 Å². The topological polar surface area (TPSA) is 84.4 Å². The van der Waals surface area contributed by atoms with E-state index in [0.29, 0.717) is 17.2 Å². The number of benzene rings is 2. The maximum Gasteiger partial charge on any atom is 0.416 e. The minimum absolute atomic E-state index is 0.0294. The van der Waals surface area contributed by atoms with Crippen molar-refractivity contribution in [3.8, 4) is 23.1 Å². The molecule has 140 valence electrons. The number of nitrogens with zero attached hydrogens (tertiary/aromatic N) is 1. The number of aromatic amines is 1. The van der Waals surface area contributed by atoms with Crippen LogP contribution in [-0.2, 0) is 12.8 Å². The highest BCUT2D eigenvalue weighted by atomic mass is 19.4. The first-order valence-corrected chi connectivity index (χ1v) is 7.67. The van der Waals surface area contributed by atoms with Crippen molar-refractivity contribution in [2.45, 2.75) is 12.8 Å². The monoisotopic (exact) mass is 378 g/mol. The number of halogens is 3. The number of rotatable bonds is 5. The molecular weight excluding hydrogens is 365 g/mol. The first-order valence-electron chi connectivity index (χ1n) is 7.67. The molecule has 1 aromatic heterocycles. The van der Waals surface area contributed by atoms with Crippen LogP contribution in [0.15, 0.2) is 59.4 Å². The second-order valence-electron chi connectivity index (χ2n) is 5.47. The van der Waals surface area contributed by atoms with Crippen molar-refractivity contribution in [1.29, 1.82) is 0 Å². The fraction of sp³-hybridized carbons (Fsp3) is 0.111. The lowest BCUT2D eigenvalue weighted by molar-refractivity contribution is -0.137. The summed E-state index contributed by atoms with van der Waals surface area (Å²) in [6.45, 7) is 0.0294. The molecule has 0 fully saturated rings. The van der Waals surface area contributed by atoms with Crippen molar-refractivity contribution in [2.24, 2.45) is 0 Å². The SMILES string of the molecule is O=c1cc(COc2ccc(Oc3ccc(C(F)(F)F)cc3)cc2)[nH]nc1O. The van der Waals surface area contributed by atoms with Crippen LogP contribution in [-0.4, -0.2) is 15.3 Å². The molecule has 0 bridgehead atoms. The van der Waals surface area contributed by atoms with Gasteiger partial charge in [0.25, 0.3) is 5.88 Å². The molecule has 3 aromatic rings. The number of H-pyrrole nitrogens is 1. The van der Waals surface area contributed by atoms with E-state index in [4.69, 9.17) is 14.6 Å². The second kappa shape index (κ2) is 7.40. The Labute approximate surface area is 150 Å². The van der Waals surface area contributed by atoms with Gasteiger partial charge in [0.05, 0.1) is 11.3 Å². The molecule has 2 N–H and O–H groups in total. The molecule has 0 saturated carbocycles. The zero-order chi connectivity index (χ0) is 19.4. The molecule has 0 amide bonds. The molecule has 27 heavy (non-hydrogen) atoms. The van der Waals surface area contributed by atoms with Gasteiger partial charge in [0.1, 0.15) is 23.9 Å². The Bertz CT molecular complexity index is 968. The highest BCUT2D eigenvalue weighted by molar-refractivity contribution is 5.36. The normalized spacial score (nSPS) is 11.2. The van der Waals surface area contributed by atoms with Crippen LogP contribution in [0.3, 0.4) is 0 Å². The Morgan fingerprint density at radius 2 is 1.52 bits per heavy atom. The average molecular weight is 378 g/mol. The van der Waals surface area contributed by atoms with E-state index < -0.39 is 23.0 Å². The molecule has 2 aromatic carbocycles. The zero-order valence-electron chi connectivity index (χ0n) is 13.7. The van der Waals surface area contributed by atoms with E-state index in [1.165, 1.54) is 18.2 Å². The Kier molecular flexibility index (Phi) is 5.02. The predicted molar refractivity (Wildman–Crippen MR) is 88.8 cm³/mol.